The van der Waals surface area contributed by atoms with Gasteiger partial charge in [0.1, 0.15) is 9.84 Å². The van der Waals surface area contributed by atoms with Gasteiger partial charge in [-0.15, -0.1) is 24.0 Å². The lowest BCUT2D eigenvalue weighted by molar-refractivity contribution is 0.217. The molecule has 0 radical (unpaired) electrons. The Balaban J connectivity index is 0.00000400. The van der Waals surface area contributed by atoms with Gasteiger partial charge in [-0.2, -0.15) is 0 Å². The molecule has 0 spiro atoms. The van der Waals surface area contributed by atoms with E-state index in [2.05, 4.69) is 15.6 Å². The zero-order valence-corrected chi connectivity index (χ0v) is 16.2. The van der Waals surface area contributed by atoms with E-state index in [0.717, 1.165) is 19.4 Å². The van der Waals surface area contributed by atoms with Gasteiger partial charge < -0.3 is 15.7 Å². The SMILES string of the molecule is CCNC(=NCC1(CO)CC1)NC(C)CCS(C)(=O)=O.I. The van der Waals surface area contributed by atoms with Crippen molar-refractivity contribution >= 4 is 39.8 Å². The second-order valence-electron chi connectivity index (χ2n) is 5.82. The molecule has 1 aliphatic carbocycles. The molecule has 0 heterocycles. The number of aliphatic hydroxyl groups excluding tert-OH is 1. The number of nitrogens with one attached hydrogen (secondary N) is 2. The van der Waals surface area contributed by atoms with Crippen LogP contribution in [-0.4, -0.2) is 57.2 Å². The number of rotatable bonds is 8. The van der Waals surface area contributed by atoms with Gasteiger partial charge in [-0.1, -0.05) is 0 Å². The van der Waals surface area contributed by atoms with Gasteiger partial charge in [-0.3, -0.25) is 4.99 Å². The van der Waals surface area contributed by atoms with Gasteiger partial charge in [0.25, 0.3) is 0 Å². The normalized spacial score (nSPS) is 18.6. The Hall–Kier alpha value is -0.0900. The molecule has 1 fully saturated rings. The van der Waals surface area contributed by atoms with Crippen LogP contribution in [0.25, 0.3) is 0 Å². The zero-order valence-electron chi connectivity index (χ0n) is 13.1. The molecule has 0 bridgehead atoms. The summed E-state index contributed by atoms with van der Waals surface area (Å²) < 4.78 is 22.3. The van der Waals surface area contributed by atoms with Crippen molar-refractivity contribution < 1.29 is 13.5 Å². The van der Waals surface area contributed by atoms with Crippen LogP contribution in [0.2, 0.25) is 0 Å². The molecule has 1 atom stereocenters. The second kappa shape index (κ2) is 9.14. The minimum absolute atomic E-state index is 0. The molecule has 3 N–H and O–H groups in total. The molecular weight excluding hydrogens is 405 g/mol. The Bertz CT molecular complexity index is 436. The van der Waals surface area contributed by atoms with Crippen molar-refractivity contribution in [3.63, 3.8) is 0 Å². The van der Waals surface area contributed by atoms with Gasteiger partial charge in [0, 0.05) is 24.3 Å². The Labute approximate surface area is 145 Å². The van der Waals surface area contributed by atoms with Gasteiger partial charge >= 0.3 is 0 Å². The average Bonchev–Trinajstić information content (AvgIpc) is 3.14. The third-order valence-electron chi connectivity index (χ3n) is 3.51. The van der Waals surface area contributed by atoms with E-state index in [0.29, 0.717) is 18.9 Å². The second-order valence-corrected chi connectivity index (χ2v) is 8.08. The number of halogens is 1. The predicted octanol–water partition coefficient (Wildman–Crippen LogP) is 0.755. The molecule has 6 nitrogen and oxygen atoms in total. The topological polar surface area (TPSA) is 90.8 Å². The van der Waals surface area contributed by atoms with Gasteiger partial charge in [-0.25, -0.2) is 8.42 Å². The van der Waals surface area contributed by atoms with Crippen molar-refractivity contribution in [3.8, 4) is 0 Å². The number of aliphatic hydroxyl groups is 1. The maximum atomic E-state index is 11.2. The predicted molar refractivity (Wildman–Crippen MR) is 97.1 cm³/mol. The highest BCUT2D eigenvalue weighted by Gasteiger charge is 2.41. The van der Waals surface area contributed by atoms with Gasteiger partial charge in [0.15, 0.2) is 5.96 Å². The number of aliphatic imine (C=N–C) groups is 1. The molecule has 0 aromatic heterocycles. The maximum Gasteiger partial charge on any atom is 0.191 e. The summed E-state index contributed by atoms with van der Waals surface area (Å²) >= 11 is 0. The molecule has 0 amide bonds. The van der Waals surface area contributed by atoms with Crippen LogP contribution in [0.1, 0.15) is 33.1 Å². The van der Waals surface area contributed by atoms with Crippen LogP contribution in [-0.2, 0) is 9.84 Å². The van der Waals surface area contributed by atoms with E-state index in [4.69, 9.17) is 0 Å². The first-order valence-corrected chi connectivity index (χ1v) is 9.20. The van der Waals surface area contributed by atoms with E-state index in [9.17, 15) is 13.5 Å². The molecule has 0 aromatic rings. The van der Waals surface area contributed by atoms with E-state index >= 15 is 0 Å². The molecule has 1 saturated carbocycles. The first-order valence-electron chi connectivity index (χ1n) is 7.14. The fraction of sp³-hybridized carbons (Fsp3) is 0.923. The number of nitrogens with zero attached hydrogens (tertiary/aromatic N) is 1. The summed E-state index contributed by atoms with van der Waals surface area (Å²) in [5.41, 5.74) is -0.0155. The Morgan fingerprint density at radius 1 is 1.43 bits per heavy atom. The molecule has 126 valence electrons. The van der Waals surface area contributed by atoms with Gasteiger partial charge in [0.2, 0.25) is 0 Å². The lowest BCUT2D eigenvalue weighted by Crippen LogP contribution is -2.43. The largest absolute Gasteiger partial charge is 0.396 e. The average molecular weight is 433 g/mol. The molecule has 0 aromatic carbocycles. The number of hydrogen-bond donors (Lipinski definition) is 3. The van der Waals surface area contributed by atoms with Gasteiger partial charge in [-0.05, 0) is 33.1 Å². The van der Waals surface area contributed by atoms with E-state index in [-0.39, 0.29) is 47.8 Å². The van der Waals surface area contributed by atoms with E-state index in [1.165, 1.54) is 6.26 Å². The summed E-state index contributed by atoms with van der Waals surface area (Å²) in [7, 11) is -2.93. The lowest BCUT2D eigenvalue weighted by Gasteiger charge is -2.18. The number of hydrogen-bond acceptors (Lipinski definition) is 4. The van der Waals surface area contributed by atoms with Crippen LogP contribution in [0, 0.1) is 5.41 Å². The monoisotopic (exact) mass is 433 g/mol. The molecule has 0 aliphatic heterocycles. The summed E-state index contributed by atoms with van der Waals surface area (Å²) in [6, 6.07) is 0.0341. The molecule has 1 rings (SSSR count). The lowest BCUT2D eigenvalue weighted by atomic mass is 10.1. The summed E-state index contributed by atoms with van der Waals surface area (Å²) in [5, 5.41) is 15.6. The molecule has 8 heteroatoms. The molecule has 1 aliphatic rings. The fourth-order valence-corrected chi connectivity index (χ4v) is 2.59. The molecule has 21 heavy (non-hydrogen) atoms. The van der Waals surface area contributed by atoms with Crippen LogP contribution in [0.15, 0.2) is 4.99 Å². The maximum absolute atomic E-state index is 11.2. The van der Waals surface area contributed by atoms with Crippen LogP contribution < -0.4 is 10.6 Å². The molecular formula is C13H28IN3O3S. The summed E-state index contributed by atoms with van der Waals surface area (Å²) in [4.78, 5) is 4.49. The van der Waals surface area contributed by atoms with E-state index in [1.807, 2.05) is 13.8 Å². The minimum Gasteiger partial charge on any atom is -0.396 e. The minimum atomic E-state index is -2.93. The summed E-state index contributed by atoms with van der Waals surface area (Å²) in [6.45, 7) is 5.46. The van der Waals surface area contributed by atoms with Crippen molar-refractivity contribution in [3.05, 3.63) is 0 Å². The summed E-state index contributed by atoms with van der Waals surface area (Å²) in [6.07, 6.45) is 3.84. The van der Waals surface area contributed by atoms with Crippen LogP contribution in [0.5, 0.6) is 0 Å². The highest BCUT2D eigenvalue weighted by atomic mass is 127. The Kier molecular flexibility index (Phi) is 9.10. The third kappa shape index (κ3) is 8.82. The van der Waals surface area contributed by atoms with Crippen molar-refractivity contribution in [1.29, 1.82) is 0 Å². The van der Waals surface area contributed by atoms with Crippen LogP contribution in [0.4, 0.5) is 0 Å². The van der Waals surface area contributed by atoms with E-state index in [1.54, 1.807) is 0 Å². The zero-order chi connectivity index (χ0) is 15.2. The Morgan fingerprint density at radius 3 is 2.48 bits per heavy atom. The number of sulfone groups is 1. The first kappa shape index (κ1) is 20.9. The third-order valence-corrected chi connectivity index (χ3v) is 4.49. The van der Waals surface area contributed by atoms with Crippen LogP contribution >= 0.6 is 24.0 Å². The smallest absolute Gasteiger partial charge is 0.191 e. The van der Waals surface area contributed by atoms with Crippen molar-refractivity contribution in [2.45, 2.75) is 39.2 Å². The van der Waals surface area contributed by atoms with Crippen molar-refractivity contribution in [1.82, 2.24) is 10.6 Å². The van der Waals surface area contributed by atoms with Crippen LogP contribution in [0.3, 0.4) is 0 Å². The molecule has 1 unspecified atom stereocenters. The van der Waals surface area contributed by atoms with Gasteiger partial charge in [0.05, 0.1) is 18.9 Å². The highest BCUT2D eigenvalue weighted by Crippen LogP contribution is 2.45. The van der Waals surface area contributed by atoms with Crippen molar-refractivity contribution in [2.75, 3.05) is 31.7 Å². The quantitative estimate of drug-likeness (QED) is 0.299. The first-order chi connectivity index (χ1) is 9.30. The van der Waals surface area contributed by atoms with E-state index < -0.39 is 9.84 Å². The molecule has 0 saturated heterocycles. The number of guanidine groups is 1. The van der Waals surface area contributed by atoms with Crippen molar-refractivity contribution in [2.24, 2.45) is 10.4 Å². The summed E-state index contributed by atoms with van der Waals surface area (Å²) in [5.74, 6) is 0.856. The standard InChI is InChI=1S/C13H27N3O3S.HI/c1-4-14-12(15-9-13(10-17)6-7-13)16-11(2)5-8-20(3,18)19;/h11,17H,4-10H2,1-3H3,(H2,14,15,16);1H. The Morgan fingerprint density at radius 2 is 2.05 bits per heavy atom. The fourth-order valence-electron chi connectivity index (χ4n) is 1.81. The highest BCUT2D eigenvalue weighted by molar-refractivity contribution is 14.0.